The number of ether oxygens (including phenoxy) is 1. The van der Waals surface area contributed by atoms with Crippen LogP contribution in [0, 0.1) is 24.4 Å². The van der Waals surface area contributed by atoms with Crippen molar-refractivity contribution in [1.29, 1.82) is 0 Å². The molecule has 1 amide bonds. The summed E-state index contributed by atoms with van der Waals surface area (Å²) in [7, 11) is 0. The van der Waals surface area contributed by atoms with E-state index in [1.807, 2.05) is 37.3 Å². The quantitative estimate of drug-likeness (QED) is 0.314. The molecule has 10 heteroatoms. The molecule has 4 rings (SSSR count). The molecule has 0 aliphatic rings. The summed E-state index contributed by atoms with van der Waals surface area (Å²) in [4.78, 5) is 26.0. The predicted octanol–water partition coefficient (Wildman–Crippen LogP) is 5.06. The highest BCUT2D eigenvalue weighted by Crippen LogP contribution is 2.29. The summed E-state index contributed by atoms with van der Waals surface area (Å²) in [6, 6.07) is 12.9. The standard InChI is InChI=1S/C23H18F3N3O3S/c1-12-15-10-18(33-22(15)29(28-12)11-14-6-4-3-5-7-14)23(31)32-13(2)21(30)27-17-9-8-16(24)19(25)20(17)26/h3-10,13H,11H2,1-2H3,(H,27,30). The Morgan fingerprint density at radius 3 is 2.58 bits per heavy atom. The molecule has 0 aliphatic carbocycles. The minimum atomic E-state index is -1.71. The van der Waals surface area contributed by atoms with E-state index in [0.29, 0.717) is 12.6 Å². The second kappa shape index (κ2) is 9.07. The summed E-state index contributed by atoms with van der Waals surface area (Å²) in [6.45, 7) is 3.65. The lowest BCUT2D eigenvalue weighted by Crippen LogP contribution is -2.30. The van der Waals surface area contributed by atoms with E-state index in [-0.39, 0.29) is 4.88 Å². The van der Waals surface area contributed by atoms with Crippen molar-refractivity contribution in [2.75, 3.05) is 5.32 Å². The number of rotatable bonds is 6. The molecule has 0 fully saturated rings. The van der Waals surface area contributed by atoms with Gasteiger partial charge in [0.15, 0.2) is 23.6 Å². The smallest absolute Gasteiger partial charge is 0.349 e. The highest BCUT2D eigenvalue weighted by molar-refractivity contribution is 7.20. The summed E-state index contributed by atoms with van der Waals surface area (Å²) in [5.74, 6) is -6.25. The van der Waals surface area contributed by atoms with Gasteiger partial charge < -0.3 is 10.1 Å². The van der Waals surface area contributed by atoms with E-state index in [4.69, 9.17) is 4.74 Å². The fraction of sp³-hybridized carbons (Fsp3) is 0.174. The van der Waals surface area contributed by atoms with Gasteiger partial charge in [0.1, 0.15) is 9.71 Å². The third kappa shape index (κ3) is 4.61. The van der Waals surface area contributed by atoms with Crippen LogP contribution in [0.5, 0.6) is 0 Å². The number of halogens is 3. The third-order valence-corrected chi connectivity index (χ3v) is 6.06. The molecule has 2 heterocycles. The van der Waals surface area contributed by atoms with Crippen molar-refractivity contribution in [2.45, 2.75) is 26.5 Å². The monoisotopic (exact) mass is 473 g/mol. The molecular formula is C23H18F3N3O3S. The Bertz CT molecular complexity index is 1350. The van der Waals surface area contributed by atoms with Crippen molar-refractivity contribution in [1.82, 2.24) is 9.78 Å². The Morgan fingerprint density at radius 2 is 1.85 bits per heavy atom. The van der Waals surface area contributed by atoms with Gasteiger partial charge in [0.2, 0.25) is 0 Å². The zero-order chi connectivity index (χ0) is 23.7. The molecule has 2 aromatic carbocycles. The topological polar surface area (TPSA) is 73.2 Å². The van der Waals surface area contributed by atoms with E-state index in [1.165, 1.54) is 18.3 Å². The molecule has 6 nitrogen and oxygen atoms in total. The number of nitrogens with one attached hydrogen (secondary N) is 1. The lowest BCUT2D eigenvalue weighted by atomic mass is 10.2. The number of amides is 1. The first-order valence-electron chi connectivity index (χ1n) is 9.91. The van der Waals surface area contributed by atoms with Crippen molar-refractivity contribution in [3.63, 3.8) is 0 Å². The van der Waals surface area contributed by atoms with Crippen LogP contribution in [0.3, 0.4) is 0 Å². The van der Waals surface area contributed by atoms with Gasteiger partial charge in [-0.1, -0.05) is 30.3 Å². The summed E-state index contributed by atoms with van der Waals surface area (Å²) < 4.78 is 47.2. The normalized spacial score (nSPS) is 12.0. The van der Waals surface area contributed by atoms with Crippen molar-refractivity contribution in [3.05, 3.63) is 82.1 Å². The van der Waals surface area contributed by atoms with Crippen molar-refractivity contribution < 1.29 is 27.5 Å². The van der Waals surface area contributed by atoms with Crippen molar-refractivity contribution in [3.8, 4) is 0 Å². The molecule has 0 radical (unpaired) electrons. The maximum atomic E-state index is 13.8. The van der Waals surface area contributed by atoms with Crippen LogP contribution < -0.4 is 5.32 Å². The Hall–Kier alpha value is -3.66. The molecule has 0 saturated carbocycles. The van der Waals surface area contributed by atoms with Crippen LogP contribution in [0.25, 0.3) is 10.2 Å². The number of aromatic nitrogens is 2. The van der Waals surface area contributed by atoms with E-state index in [0.717, 1.165) is 27.5 Å². The van der Waals surface area contributed by atoms with Gasteiger partial charge in [0.25, 0.3) is 5.91 Å². The number of anilines is 1. The molecular weight excluding hydrogens is 455 g/mol. The SMILES string of the molecule is Cc1nn(Cc2ccccc2)c2sc(C(=O)OC(C)C(=O)Nc3ccc(F)c(F)c3F)cc12. The number of benzene rings is 2. The van der Waals surface area contributed by atoms with Crippen LogP contribution in [0.4, 0.5) is 18.9 Å². The fourth-order valence-electron chi connectivity index (χ4n) is 3.21. The first-order valence-corrected chi connectivity index (χ1v) is 10.7. The van der Waals surface area contributed by atoms with Crippen LogP contribution in [0.15, 0.2) is 48.5 Å². The number of nitrogens with zero attached hydrogens (tertiary/aromatic N) is 2. The van der Waals surface area contributed by atoms with E-state index >= 15 is 0 Å². The summed E-state index contributed by atoms with van der Waals surface area (Å²) in [5, 5.41) is 7.41. The molecule has 0 aliphatic heterocycles. The minimum Gasteiger partial charge on any atom is -0.448 e. The Balaban J connectivity index is 1.48. The van der Waals surface area contributed by atoms with Gasteiger partial charge in [-0.25, -0.2) is 18.0 Å². The van der Waals surface area contributed by atoms with Crippen LogP contribution in [0.1, 0.15) is 27.9 Å². The van der Waals surface area contributed by atoms with E-state index < -0.39 is 41.1 Å². The summed E-state index contributed by atoms with van der Waals surface area (Å²) in [6.07, 6.45) is -1.31. The Labute approximate surface area is 190 Å². The Kier molecular flexibility index (Phi) is 6.19. The molecule has 2 aromatic heterocycles. The van der Waals surface area contributed by atoms with Crippen molar-refractivity contribution >= 4 is 39.1 Å². The zero-order valence-electron chi connectivity index (χ0n) is 17.6. The molecule has 1 unspecified atom stereocenters. The largest absolute Gasteiger partial charge is 0.448 e. The number of thiophene rings is 1. The van der Waals surface area contributed by atoms with Crippen LogP contribution in [-0.2, 0) is 16.1 Å². The number of carbonyl (C=O) groups excluding carboxylic acids is 2. The van der Waals surface area contributed by atoms with Crippen LogP contribution in [0.2, 0.25) is 0 Å². The number of fused-ring (bicyclic) bond motifs is 1. The highest BCUT2D eigenvalue weighted by atomic mass is 32.1. The maximum Gasteiger partial charge on any atom is 0.349 e. The average Bonchev–Trinajstić information content (AvgIpc) is 3.36. The van der Waals surface area contributed by atoms with Crippen LogP contribution >= 0.6 is 11.3 Å². The second-order valence-electron chi connectivity index (χ2n) is 7.32. The lowest BCUT2D eigenvalue weighted by Gasteiger charge is -2.13. The molecule has 0 bridgehead atoms. The Morgan fingerprint density at radius 1 is 1.12 bits per heavy atom. The van der Waals surface area contributed by atoms with Gasteiger partial charge in [0, 0.05) is 5.39 Å². The van der Waals surface area contributed by atoms with E-state index in [9.17, 15) is 22.8 Å². The molecule has 1 atom stereocenters. The first kappa shape index (κ1) is 22.5. The average molecular weight is 473 g/mol. The molecule has 170 valence electrons. The number of carbonyl (C=O) groups is 2. The van der Waals surface area contributed by atoms with Crippen molar-refractivity contribution in [2.24, 2.45) is 0 Å². The fourth-order valence-corrected chi connectivity index (χ4v) is 4.25. The molecule has 1 N–H and O–H groups in total. The minimum absolute atomic E-state index is 0.269. The number of aryl methyl sites for hydroxylation is 1. The predicted molar refractivity (Wildman–Crippen MR) is 118 cm³/mol. The molecule has 0 saturated heterocycles. The van der Waals surface area contributed by atoms with Gasteiger partial charge in [0.05, 0.1) is 17.9 Å². The highest BCUT2D eigenvalue weighted by Gasteiger charge is 2.24. The molecule has 4 aromatic rings. The van der Waals surface area contributed by atoms with Gasteiger partial charge >= 0.3 is 5.97 Å². The van der Waals surface area contributed by atoms with E-state index in [1.54, 1.807) is 10.7 Å². The number of hydrogen-bond acceptors (Lipinski definition) is 5. The zero-order valence-corrected chi connectivity index (χ0v) is 18.4. The van der Waals surface area contributed by atoms with Crippen LogP contribution in [-0.4, -0.2) is 27.8 Å². The maximum absolute atomic E-state index is 13.8. The first-order chi connectivity index (χ1) is 15.7. The van der Waals surface area contributed by atoms with Gasteiger partial charge in [-0.15, -0.1) is 11.3 Å². The number of hydrogen-bond donors (Lipinski definition) is 1. The third-order valence-electron chi connectivity index (χ3n) is 4.93. The van der Waals surface area contributed by atoms with Gasteiger partial charge in [-0.3, -0.25) is 9.48 Å². The molecule has 33 heavy (non-hydrogen) atoms. The molecule has 0 spiro atoms. The summed E-state index contributed by atoms with van der Waals surface area (Å²) >= 11 is 1.18. The lowest BCUT2D eigenvalue weighted by molar-refractivity contribution is -0.123. The van der Waals surface area contributed by atoms with Gasteiger partial charge in [-0.2, -0.15) is 5.10 Å². The summed E-state index contributed by atoms with van der Waals surface area (Å²) in [5.41, 5.74) is 1.24. The van der Waals surface area contributed by atoms with E-state index in [2.05, 4.69) is 10.4 Å². The number of esters is 1. The van der Waals surface area contributed by atoms with Gasteiger partial charge in [-0.05, 0) is 37.6 Å². The second-order valence-corrected chi connectivity index (χ2v) is 8.35.